The van der Waals surface area contributed by atoms with Gasteiger partial charge in [-0.05, 0) is 82.9 Å². The number of ether oxygens (including phenoxy) is 1. The molecule has 1 saturated carbocycles. The van der Waals surface area contributed by atoms with Crippen molar-refractivity contribution in [1.29, 1.82) is 0 Å². The summed E-state index contributed by atoms with van der Waals surface area (Å²) in [6.07, 6.45) is 9.60. The van der Waals surface area contributed by atoms with Crippen LogP contribution in [-0.4, -0.2) is 49.6 Å². The summed E-state index contributed by atoms with van der Waals surface area (Å²) in [6, 6.07) is 7.20. The number of amides is 1. The first kappa shape index (κ1) is 21.0. The predicted molar refractivity (Wildman–Crippen MR) is 108 cm³/mol. The number of carbonyl (C=O) groups excluding carboxylic acids is 1. The zero-order valence-electron chi connectivity index (χ0n) is 16.4. The van der Waals surface area contributed by atoms with Gasteiger partial charge in [0.15, 0.2) is 0 Å². The molecule has 146 valence electrons. The highest BCUT2D eigenvalue weighted by molar-refractivity contribution is 6.30. The van der Waals surface area contributed by atoms with E-state index in [1.54, 1.807) is 29.2 Å². The van der Waals surface area contributed by atoms with Crippen molar-refractivity contribution in [2.24, 2.45) is 5.92 Å². The van der Waals surface area contributed by atoms with Crippen LogP contribution >= 0.6 is 11.6 Å². The fourth-order valence-corrected chi connectivity index (χ4v) is 3.81. The minimum atomic E-state index is -0.278. The fourth-order valence-electron chi connectivity index (χ4n) is 3.68. The first-order valence-electron chi connectivity index (χ1n) is 9.80. The van der Waals surface area contributed by atoms with Gasteiger partial charge in [0.2, 0.25) is 0 Å². The van der Waals surface area contributed by atoms with Crippen LogP contribution in [0.2, 0.25) is 5.02 Å². The molecule has 0 aliphatic heterocycles. The summed E-state index contributed by atoms with van der Waals surface area (Å²) < 4.78 is 5.45. The molecule has 0 spiro atoms. The van der Waals surface area contributed by atoms with E-state index in [1.807, 2.05) is 7.05 Å². The van der Waals surface area contributed by atoms with E-state index in [9.17, 15) is 4.79 Å². The highest BCUT2D eigenvalue weighted by atomic mass is 35.5. The van der Waals surface area contributed by atoms with Crippen LogP contribution in [0.25, 0.3) is 0 Å². The van der Waals surface area contributed by atoms with E-state index < -0.39 is 0 Å². The lowest BCUT2D eigenvalue weighted by Crippen LogP contribution is -2.41. The summed E-state index contributed by atoms with van der Waals surface area (Å²) in [5, 5.41) is 0.637. The average molecular weight is 381 g/mol. The van der Waals surface area contributed by atoms with Crippen molar-refractivity contribution < 1.29 is 9.53 Å². The Kier molecular flexibility index (Phi) is 8.73. The third-order valence-corrected chi connectivity index (χ3v) is 5.64. The third-order valence-electron chi connectivity index (χ3n) is 5.39. The Labute approximate surface area is 163 Å². The summed E-state index contributed by atoms with van der Waals surface area (Å²) in [6.45, 7) is 1.19. The van der Waals surface area contributed by atoms with Crippen LogP contribution in [0, 0.1) is 5.92 Å². The van der Waals surface area contributed by atoms with Crippen molar-refractivity contribution in [3.8, 4) is 5.75 Å². The summed E-state index contributed by atoms with van der Waals surface area (Å²) in [5.74, 6) is 1.36. The van der Waals surface area contributed by atoms with E-state index in [-0.39, 0.29) is 6.09 Å². The number of benzene rings is 1. The molecule has 0 unspecified atom stereocenters. The van der Waals surface area contributed by atoms with Gasteiger partial charge >= 0.3 is 6.09 Å². The maximum absolute atomic E-state index is 12.3. The van der Waals surface area contributed by atoms with Gasteiger partial charge in [0.05, 0.1) is 0 Å². The van der Waals surface area contributed by atoms with Crippen molar-refractivity contribution in [2.45, 2.75) is 57.4 Å². The number of halogens is 1. The predicted octanol–water partition coefficient (Wildman–Crippen LogP) is 5.45. The van der Waals surface area contributed by atoms with E-state index in [1.165, 1.54) is 45.1 Å². The Morgan fingerprint density at radius 3 is 2.31 bits per heavy atom. The lowest BCUT2D eigenvalue weighted by molar-refractivity contribution is 0.123. The van der Waals surface area contributed by atoms with Gasteiger partial charge in [-0.2, -0.15) is 0 Å². The van der Waals surface area contributed by atoms with E-state index in [0.717, 1.165) is 18.8 Å². The monoisotopic (exact) mass is 380 g/mol. The molecule has 1 aliphatic rings. The molecule has 0 bridgehead atoms. The fraction of sp³-hybridized carbons (Fsp3) is 0.667. The summed E-state index contributed by atoms with van der Waals surface area (Å²) in [4.78, 5) is 16.4. The zero-order chi connectivity index (χ0) is 18.9. The van der Waals surface area contributed by atoms with Gasteiger partial charge in [0.25, 0.3) is 0 Å². The minimum absolute atomic E-state index is 0.278. The summed E-state index contributed by atoms with van der Waals surface area (Å²) in [5.41, 5.74) is 0. The quantitative estimate of drug-likeness (QED) is 0.562. The van der Waals surface area contributed by atoms with Gasteiger partial charge in [-0.25, -0.2) is 4.79 Å². The topological polar surface area (TPSA) is 32.8 Å². The second-order valence-corrected chi connectivity index (χ2v) is 8.20. The van der Waals surface area contributed by atoms with Crippen molar-refractivity contribution in [3.63, 3.8) is 0 Å². The average Bonchev–Trinajstić information content (AvgIpc) is 2.63. The standard InChI is InChI=1S/C21H33ClN2O2/c1-23(2)16-6-4-5-7-17-8-12-19(13-9-17)24(3)21(25)26-20-14-10-18(22)11-15-20/h10-11,14-15,17,19H,4-9,12-13,16H2,1-3H3. The van der Waals surface area contributed by atoms with Gasteiger partial charge in [-0.15, -0.1) is 0 Å². The molecular weight excluding hydrogens is 348 g/mol. The molecule has 0 radical (unpaired) electrons. The lowest BCUT2D eigenvalue weighted by Gasteiger charge is -2.34. The lowest BCUT2D eigenvalue weighted by atomic mass is 9.82. The molecule has 2 rings (SSSR count). The van der Waals surface area contributed by atoms with E-state index in [2.05, 4.69) is 19.0 Å². The number of unbranched alkanes of at least 4 members (excludes halogenated alkanes) is 2. The molecule has 0 heterocycles. The number of rotatable bonds is 8. The van der Waals surface area contributed by atoms with Crippen LogP contribution < -0.4 is 4.74 Å². The summed E-state index contributed by atoms with van der Waals surface area (Å²) in [7, 11) is 6.12. The SMILES string of the molecule is CN(C)CCCCCC1CCC(N(C)C(=O)Oc2ccc(Cl)cc2)CC1. The Balaban J connectivity index is 1.66. The van der Waals surface area contributed by atoms with Crippen molar-refractivity contribution >= 4 is 17.7 Å². The first-order chi connectivity index (χ1) is 12.5. The number of nitrogens with zero attached hydrogens (tertiary/aromatic N) is 2. The Bertz CT molecular complexity index is 539. The van der Waals surface area contributed by atoms with Crippen LogP contribution in [0.3, 0.4) is 0 Å². The Morgan fingerprint density at radius 1 is 1.04 bits per heavy atom. The Hall–Kier alpha value is -1.26. The van der Waals surface area contributed by atoms with Crippen LogP contribution in [0.1, 0.15) is 51.4 Å². The van der Waals surface area contributed by atoms with E-state index >= 15 is 0 Å². The minimum Gasteiger partial charge on any atom is -0.410 e. The maximum atomic E-state index is 12.3. The molecule has 1 aliphatic carbocycles. The zero-order valence-corrected chi connectivity index (χ0v) is 17.2. The van der Waals surface area contributed by atoms with Gasteiger partial charge < -0.3 is 14.5 Å². The molecular formula is C21H33ClN2O2. The van der Waals surface area contributed by atoms with Crippen molar-refractivity contribution in [2.75, 3.05) is 27.7 Å². The Morgan fingerprint density at radius 2 is 1.69 bits per heavy atom. The van der Waals surface area contributed by atoms with Crippen LogP contribution in [0.4, 0.5) is 4.79 Å². The molecule has 0 atom stereocenters. The first-order valence-corrected chi connectivity index (χ1v) is 10.2. The van der Waals surface area contributed by atoms with Crippen LogP contribution in [0.5, 0.6) is 5.75 Å². The van der Waals surface area contributed by atoms with E-state index in [0.29, 0.717) is 16.8 Å². The third kappa shape index (κ3) is 7.16. The molecule has 0 saturated heterocycles. The second kappa shape index (κ2) is 10.8. The molecule has 1 aromatic carbocycles. The molecule has 1 fully saturated rings. The molecule has 4 nitrogen and oxygen atoms in total. The normalized spacial score (nSPS) is 20.2. The molecule has 0 N–H and O–H groups in total. The molecule has 26 heavy (non-hydrogen) atoms. The van der Waals surface area contributed by atoms with Crippen LogP contribution in [-0.2, 0) is 0 Å². The molecule has 0 aromatic heterocycles. The van der Waals surface area contributed by atoms with Gasteiger partial charge in [-0.1, -0.05) is 30.9 Å². The van der Waals surface area contributed by atoms with Crippen LogP contribution in [0.15, 0.2) is 24.3 Å². The molecule has 1 aromatic rings. The van der Waals surface area contributed by atoms with Crippen molar-refractivity contribution in [3.05, 3.63) is 29.3 Å². The second-order valence-electron chi connectivity index (χ2n) is 7.76. The highest BCUT2D eigenvalue weighted by Crippen LogP contribution is 2.31. The molecule has 5 heteroatoms. The highest BCUT2D eigenvalue weighted by Gasteiger charge is 2.27. The van der Waals surface area contributed by atoms with Gasteiger partial charge in [0.1, 0.15) is 5.75 Å². The summed E-state index contributed by atoms with van der Waals surface area (Å²) >= 11 is 5.86. The molecule has 1 amide bonds. The maximum Gasteiger partial charge on any atom is 0.415 e. The van der Waals surface area contributed by atoms with Gasteiger partial charge in [0, 0.05) is 18.1 Å². The number of carbonyl (C=O) groups is 1. The van der Waals surface area contributed by atoms with Gasteiger partial charge in [-0.3, -0.25) is 0 Å². The van der Waals surface area contributed by atoms with E-state index in [4.69, 9.17) is 16.3 Å². The van der Waals surface area contributed by atoms with Crippen molar-refractivity contribution in [1.82, 2.24) is 9.80 Å². The number of hydrogen-bond donors (Lipinski definition) is 0. The largest absolute Gasteiger partial charge is 0.415 e. The number of hydrogen-bond acceptors (Lipinski definition) is 3. The smallest absolute Gasteiger partial charge is 0.410 e.